The number of nitrogens with zero attached hydrogens (tertiary/aromatic N) is 4. The van der Waals surface area contributed by atoms with Crippen molar-refractivity contribution in [2.24, 2.45) is 0 Å². The van der Waals surface area contributed by atoms with Crippen molar-refractivity contribution in [3.8, 4) is 0 Å². The van der Waals surface area contributed by atoms with Crippen molar-refractivity contribution in [1.82, 2.24) is 14.9 Å². The molecule has 1 aromatic heterocycles. The Morgan fingerprint density at radius 3 is 2.00 bits per heavy atom. The minimum Gasteiger partial charge on any atom is -0.393 e. The van der Waals surface area contributed by atoms with Crippen LogP contribution in [-0.4, -0.2) is 41.0 Å². The zero-order valence-electron chi connectivity index (χ0n) is 20.1. The molecule has 0 bridgehead atoms. The van der Waals surface area contributed by atoms with Crippen molar-refractivity contribution >= 4 is 17.3 Å². The largest absolute Gasteiger partial charge is 0.393 e. The number of hydrogen-bond acceptors (Lipinski definition) is 6. The smallest absolute Gasteiger partial charge is 0.157 e. The fourth-order valence-corrected chi connectivity index (χ4v) is 4.75. The van der Waals surface area contributed by atoms with Crippen LogP contribution in [0.3, 0.4) is 0 Å². The van der Waals surface area contributed by atoms with Gasteiger partial charge in [-0.2, -0.15) is 0 Å². The Hall–Kier alpha value is -3.90. The van der Waals surface area contributed by atoms with E-state index in [4.69, 9.17) is 5.73 Å². The van der Waals surface area contributed by atoms with Crippen LogP contribution in [-0.2, 0) is 6.54 Å². The van der Waals surface area contributed by atoms with E-state index in [-0.39, 0.29) is 6.04 Å². The van der Waals surface area contributed by atoms with Gasteiger partial charge in [-0.3, -0.25) is 4.90 Å². The maximum Gasteiger partial charge on any atom is 0.157 e. The van der Waals surface area contributed by atoms with E-state index in [0.717, 1.165) is 32.0 Å². The third kappa shape index (κ3) is 5.28. The summed E-state index contributed by atoms with van der Waals surface area (Å²) in [6, 6.07) is 30.2. The first-order chi connectivity index (χ1) is 17.2. The molecule has 4 aromatic rings. The third-order valence-electron chi connectivity index (χ3n) is 6.65. The lowest BCUT2D eigenvalue weighted by molar-refractivity contribution is 0.212. The molecule has 35 heavy (non-hydrogen) atoms. The van der Waals surface area contributed by atoms with Crippen LogP contribution in [0.1, 0.15) is 28.3 Å². The van der Waals surface area contributed by atoms with Gasteiger partial charge in [-0.1, -0.05) is 90.5 Å². The highest BCUT2D eigenvalue weighted by Gasteiger charge is 2.28. The van der Waals surface area contributed by atoms with Crippen LogP contribution in [0.15, 0.2) is 91.3 Å². The first kappa shape index (κ1) is 22.9. The van der Waals surface area contributed by atoms with Gasteiger partial charge in [-0.25, -0.2) is 9.97 Å². The second kappa shape index (κ2) is 10.6. The molecule has 0 spiro atoms. The van der Waals surface area contributed by atoms with Crippen LogP contribution in [0.2, 0.25) is 0 Å². The summed E-state index contributed by atoms with van der Waals surface area (Å²) in [5, 5.41) is 3.38. The van der Waals surface area contributed by atoms with Crippen LogP contribution in [0.25, 0.3) is 0 Å². The van der Waals surface area contributed by atoms with Gasteiger partial charge in [0.15, 0.2) is 11.6 Å². The van der Waals surface area contributed by atoms with Crippen LogP contribution in [0.5, 0.6) is 0 Å². The first-order valence-electron chi connectivity index (χ1n) is 12.2. The van der Waals surface area contributed by atoms with Gasteiger partial charge in [0.2, 0.25) is 0 Å². The van der Waals surface area contributed by atoms with E-state index in [1.54, 1.807) is 6.33 Å². The third-order valence-corrected chi connectivity index (χ3v) is 6.65. The van der Waals surface area contributed by atoms with Gasteiger partial charge in [-0.15, -0.1) is 0 Å². The maximum atomic E-state index is 6.54. The summed E-state index contributed by atoms with van der Waals surface area (Å²) in [5.74, 6) is 1.49. The normalized spacial score (nSPS) is 14.3. The van der Waals surface area contributed by atoms with Crippen molar-refractivity contribution in [3.63, 3.8) is 0 Å². The molecule has 0 aliphatic carbocycles. The number of aryl methyl sites for hydroxylation is 1. The Morgan fingerprint density at radius 1 is 0.800 bits per heavy atom. The monoisotopic (exact) mass is 464 g/mol. The molecule has 6 heteroatoms. The number of aromatic nitrogens is 2. The molecule has 1 fully saturated rings. The maximum absolute atomic E-state index is 6.54. The van der Waals surface area contributed by atoms with Gasteiger partial charge >= 0.3 is 0 Å². The van der Waals surface area contributed by atoms with Crippen molar-refractivity contribution in [1.29, 1.82) is 0 Å². The van der Waals surface area contributed by atoms with Gasteiger partial charge in [0.1, 0.15) is 12.0 Å². The van der Waals surface area contributed by atoms with E-state index in [1.165, 1.54) is 22.3 Å². The van der Waals surface area contributed by atoms with Gasteiger partial charge in [0.05, 0.1) is 6.04 Å². The highest BCUT2D eigenvalue weighted by molar-refractivity contribution is 5.75. The molecule has 0 atom stereocenters. The van der Waals surface area contributed by atoms with Gasteiger partial charge in [0, 0.05) is 32.7 Å². The molecule has 0 saturated carbocycles. The van der Waals surface area contributed by atoms with Crippen LogP contribution in [0.4, 0.5) is 17.3 Å². The zero-order chi connectivity index (χ0) is 24.0. The van der Waals surface area contributed by atoms with Gasteiger partial charge < -0.3 is 16.0 Å². The van der Waals surface area contributed by atoms with Crippen molar-refractivity contribution in [2.75, 3.05) is 42.1 Å². The number of rotatable bonds is 7. The minimum atomic E-state index is 0.231. The van der Waals surface area contributed by atoms with Crippen LogP contribution in [0, 0.1) is 6.92 Å². The van der Waals surface area contributed by atoms with E-state index in [1.807, 2.05) is 0 Å². The molecule has 0 unspecified atom stereocenters. The van der Waals surface area contributed by atoms with E-state index in [9.17, 15) is 0 Å². The summed E-state index contributed by atoms with van der Waals surface area (Å²) in [6.45, 7) is 6.32. The lowest BCUT2D eigenvalue weighted by Crippen LogP contribution is -2.48. The topological polar surface area (TPSA) is 70.3 Å². The van der Waals surface area contributed by atoms with Crippen molar-refractivity contribution < 1.29 is 0 Å². The molecule has 1 aliphatic heterocycles. The Balaban J connectivity index is 1.29. The Bertz CT molecular complexity index is 1180. The van der Waals surface area contributed by atoms with Crippen LogP contribution >= 0.6 is 0 Å². The molecule has 1 aliphatic rings. The lowest BCUT2D eigenvalue weighted by atomic mass is 9.96. The summed E-state index contributed by atoms with van der Waals surface area (Å²) in [7, 11) is 0. The standard InChI is InChI=1S/C29H32N6/c1-22-12-14-23(15-13-22)20-31-28-26(30)29(33-21-32-28)35-18-16-34(17-19-35)27(24-8-4-2-5-9-24)25-10-6-3-7-11-25/h2-15,21,27H,16-20,30H2,1H3,(H,31,32,33). The Morgan fingerprint density at radius 2 is 1.40 bits per heavy atom. The molecular formula is C29H32N6. The molecule has 178 valence electrons. The molecule has 5 rings (SSSR count). The molecule has 0 radical (unpaired) electrons. The fraction of sp³-hybridized carbons (Fsp3) is 0.241. The molecule has 2 heterocycles. The predicted octanol–water partition coefficient (Wildman–Crippen LogP) is 4.89. The number of benzene rings is 3. The van der Waals surface area contributed by atoms with E-state index in [2.05, 4.69) is 117 Å². The quantitative estimate of drug-likeness (QED) is 0.406. The van der Waals surface area contributed by atoms with Crippen molar-refractivity contribution in [3.05, 3.63) is 114 Å². The van der Waals surface area contributed by atoms with Gasteiger partial charge in [-0.05, 0) is 23.6 Å². The number of piperazine rings is 1. The molecule has 1 saturated heterocycles. The highest BCUT2D eigenvalue weighted by Crippen LogP contribution is 2.32. The number of anilines is 3. The summed E-state index contributed by atoms with van der Waals surface area (Å²) >= 11 is 0. The SMILES string of the molecule is Cc1ccc(CNc2ncnc(N3CCN(C(c4ccccc4)c4ccccc4)CC3)c2N)cc1. The summed E-state index contributed by atoms with van der Waals surface area (Å²) < 4.78 is 0. The number of nitrogens with one attached hydrogen (secondary N) is 1. The van der Waals surface area contributed by atoms with Gasteiger partial charge in [0.25, 0.3) is 0 Å². The van der Waals surface area contributed by atoms with Crippen molar-refractivity contribution in [2.45, 2.75) is 19.5 Å². The number of nitrogen functional groups attached to an aromatic ring is 1. The Labute approximate surface area is 207 Å². The average Bonchev–Trinajstić information content (AvgIpc) is 2.91. The fourth-order valence-electron chi connectivity index (χ4n) is 4.75. The highest BCUT2D eigenvalue weighted by atomic mass is 15.3. The first-order valence-corrected chi connectivity index (χ1v) is 12.2. The number of hydrogen-bond donors (Lipinski definition) is 2. The minimum absolute atomic E-state index is 0.231. The van der Waals surface area contributed by atoms with E-state index < -0.39 is 0 Å². The molecular weight excluding hydrogens is 432 g/mol. The predicted molar refractivity (Wildman–Crippen MR) is 143 cm³/mol. The molecule has 0 amide bonds. The molecule has 3 aromatic carbocycles. The summed E-state index contributed by atoms with van der Waals surface area (Å²) in [5.41, 5.74) is 12.2. The van der Waals surface area contributed by atoms with Crippen LogP contribution < -0.4 is 16.0 Å². The van der Waals surface area contributed by atoms with E-state index in [0.29, 0.717) is 18.1 Å². The lowest BCUT2D eigenvalue weighted by Gasteiger charge is -2.40. The molecule has 3 N–H and O–H groups in total. The molecule has 6 nitrogen and oxygen atoms in total. The Kier molecular flexibility index (Phi) is 6.91. The average molecular weight is 465 g/mol. The summed E-state index contributed by atoms with van der Waals surface area (Å²) in [4.78, 5) is 13.8. The zero-order valence-corrected chi connectivity index (χ0v) is 20.1. The second-order valence-electron chi connectivity index (χ2n) is 9.05. The summed E-state index contributed by atoms with van der Waals surface area (Å²) in [6.07, 6.45) is 1.60. The second-order valence-corrected chi connectivity index (χ2v) is 9.05. The number of nitrogens with two attached hydrogens (primary N) is 1. The van der Waals surface area contributed by atoms with E-state index >= 15 is 0 Å².